The summed E-state index contributed by atoms with van der Waals surface area (Å²) in [6, 6.07) is 0. The van der Waals surface area contributed by atoms with Gasteiger partial charge in [-0.25, -0.2) is 0 Å². The Bertz CT molecular complexity index is 404. The molecule has 0 amide bonds. The van der Waals surface area contributed by atoms with Gasteiger partial charge in [-0.1, -0.05) is 20.8 Å². The number of hydrogen-bond donors (Lipinski definition) is 7. The largest absolute Gasteiger partial charge is 0.394 e. The Balaban J connectivity index is 0.00000301. The van der Waals surface area contributed by atoms with Crippen LogP contribution in [-0.2, 0) is 14.3 Å². The van der Waals surface area contributed by atoms with Crippen LogP contribution in [0.1, 0.15) is 34.1 Å². The molecule has 9 unspecified atom stereocenters. The van der Waals surface area contributed by atoms with Crippen molar-refractivity contribution in [3.05, 3.63) is 0 Å². The third-order valence-corrected chi connectivity index (χ3v) is 4.01. The maximum Gasteiger partial charge on any atom is 0.187 e. The van der Waals surface area contributed by atoms with Crippen molar-refractivity contribution in [1.82, 2.24) is 0 Å². The lowest BCUT2D eigenvalue weighted by molar-refractivity contribution is -0.323. The second kappa shape index (κ2) is 11.9. The fraction of sp³-hybridized carbons (Fsp3) is 0.938. The van der Waals surface area contributed by atoms with Gasteiger partial charge in [0, 0.05) is 0 Å². The Kier molecular flexibility index (Phi) is 11.6. The summed E-state index contributed by atoms with van der Waals surface area (Å²) in [4.78, 5) is 11.2. The Labute approximate surface area is 152 Å². The SMILES string of the molecule is CC.CCC1OC(OC(C(O)CO)C(O)C(O)C(C)=O)C(O)C(O)C1O. The summed E-state index contributed by atoms with van der Waals surface area (Å²) >= 11 is 0. The molecule has 1 fully saturated rings. The molecular weight excluding hydrogens is 352 g/mol. The topological polar surface area (TPSA) is 177 Å². The molecule has 0 spiro atoms. The summed E-state index contributed by atoms with van der Waals surface area (Å²) in [7, 11) is 0. The zero-order valence-electron chi connectivity index (χ0n) is 15.5. The number of carbonyl (C=O) groups excluding carboxylic acids is 1. The van der Waals surface area contributed by atoms with E-state index >= 15 is 0 Å². The third kappa shape index (κ3) is 6.19. The van der Waals surface area contributed by atoms with Gasteiger partial charge in [0.25, 0.3) is 0 Å². The second-order valence-corrected chi connectivity index (χ2v) is 5.82. The highest BCUT2D eigenvalue weighted by Gasteiger charge is 2.46. The molecule has 1 rings (SSSR count). The van der Waals surface area contributed by atoms with Crippen LogP contribution in [0, 0.1) is 0 Å². The number of hydrogen-bond acceptors (Lipinski definition) is 10. The summed E-state index contributed by atoms with van der Waals surface area (Å²) in [5.41, 5.74) is 0. The molecule has 26 heavy (non-hydrogen) atoms. The van der Waals surface area contributed by atoms with Gasteiger partial charge in [0.15, 0.2) is 12.1 Å². The van der Waals surface area contributed by atoms with Crippen LogP contribution in [-0.4, -0.2) is 103 Å². The van der Waals surface area contributed by atoms with Crippen LogP contribution < -0.4 is 0 Å². The molecule has 1 aliphatic heterocycles. The van der Waals surface area contributed by atoms with E-state index in [1.165, 1.54) is 0 Å². The van der Waals surface area contributed by atoms with Crippen LogP contribution in [0.15, 0.2) is 0 Å². The lowest BCUT2D eigenvalue weighted by atomic mass is 9.96. The predicted octanol–water partition coefficient (Wildman–Crippen LogP) is -2.72. The maximum atomic E-state index is 11.2. The van der Waals surface area contributed by atoms with Crippen molar-refractivity contribution in [2.45, 2.75) is 89.2 Å². The Morgan fingerprint density at radius 3 is 2.04 bits per heavy atom. The number of Topliss-reactive ketones (excluding diaryl/α,β-unsaturated/α-hetero) is 1. The first-order chi connectivity index (χ1) is 12.1. The van der Waals surface area contributed by atoms with Crippen LogP contribution in [0.25, 0.3) is 0 Å². The van der Waals surface area contributed by atoms with Crippen molar-refractivity contribution in [3.63, 3.8) is 0 Å². The highest BCUT2D eigenvalue weighted by molar-refractivity contribution is 5.80. The van der Waals surface area contributed by atoms with Crippen LogP contribution in [0.3, 0.4) is 0 Å². The van der Waals surface area contributed by atoms with Crippen LogP contribution in [0.4, 0.5) is 0 Å². The zero-order valence-corrected chi connectivity index (χ0v) is 15.5. The van der Waals surface area contributed by atoms with Gasteiger partial charge in [-0.3, -0.25) is 4.79 Å². The molecule has 0 saturated carbocycles. The number of ether oxygens (including phenoxy) is 2. The van der Waals surface area contributed by atoms with E-state index < -0.39 is 67.5 Å². The molecule has 1 aliphatic rings. The van der Waals surface area contributed by atoms with Crippen LogP contribution >= 0.6 is 0 Å². The fourth-order valence-corrected chi connectivity index (χ4v) is 2.44. The standard InChI is InChI=1S/C14H26O10.C2H6/c1-3-7-9(19)10(20)12(22)14(23-7)24-13(6(17)4-15)11(21)8(18)5(2)16;1-2/h6-15,17-22H,3-4H2,1-2H3;1-2H3. The van der Waals surface area contributed by atoms with Gasteiger partial charge in [0.05, 0.1) is 12.7 Å². The van der Waals surface area contributed by atoms with Crippen LogP contribution in [0.5, 0.6) is 0 Å². The second-order valence-electron chi connectivity index (χ2n) is 5.82. The number of rotatable bonds is 8. The molecule has 10 nitrogen and oxygen atoms in total. The number of aliphatic hydroxyl groups is 7. The lowest BCUT2D eigenvalue weighted by Gasteiger charge is -2.42. The van der Waals surface area contributed by atoms with Gasteiger partial charge in [-0.2, -0.15) is 0 Å². The lowest BCUT2D eigenvalue weighted by Crippen LogP contribution is -2.61. The molecule has 1 saturated heterocycles. The van der Waals surface area contributed by atoms with E-state index in [0.717, 1.165) is 6.92 Å². The minimum Gasteiger partial charge on any atom is -0.394 e. The first kappa shape index (κ1) is 25.3. The Morgan fingerprint density at radius 2 is 1.62 bits per heavy atom. The molecule has 0 aromatic carbocycles. The maximum absolute atomic E-state index is 11.2. The summed E-state index contributed by atoms with van der Waals surface area (Å²) in [5, 5.41) is 68.0. The van der Waals surface area contributed by atoms with E-state index in [1.54, 1.807) is 6.92 Å². The van der Waals surface area contributed by atoms with Gasteiger partial charge in [-0.05, 0) is 13.3 Å². The fourth-order valence-electron chi connectivity index (χ4n) is 2.44. The smallest absolute Gasteiger partial charge is 0.187 e. The summed E-state index contributed by atoms with van der Waals surface area (Å²) < 4.78 is 10.5. The molecule has 1 heterocycles. The van der Waals surface area contributed by atoms with Crippen molar-refractivity contribution in [2.24, 2.45) is 0 Å². The number of ketones is 1. The minimum absolute atomic E-state index is 0.274. The predicted molar refractivity (Wildman–Crippen MR) is 89.0 cm³/mol. The first-order valence-corrected chi connectivity index (χ1v) is 8.66. The normalized spacial score (nSPS) is 33.4. The molecule has 0 aliphatic carbocycles. The summed E-state index contributed by atoms with van der Waals surface area (Å²) in [6.07, 6.45) is -14.0. The van der Waals surface area contributed by atoms with Crippen molar-refractivity contribution in [2.75, 3.05) is 6.61 Å². The van der Waals surface area contributed by atoms with E-state index in [0.29, 0.717) is 0 Å². The van der Waals surface area contributed by atoms with Gasteiger partial charge < -0.3 is 45.2 Å². The minimum atomic E-state index is -1.91. The molecule has 0 aromatic rings. The first-order valence-electron chi connectivity index (χ1n) is 8.66. The third-order valence-electron chi connectivity index (χ3n) is 4.01. The molecule has 0 bridgehead atoms. The molecule has 0 aromatic heterocycles. The van der Waals surface area contributed by atoms with Crippen molar-refractivity contribution in [3.8, 4) is 0 Å². The summed E-state index contributed by atoms with van der Waals surface area (Å²) in [5.74, 6) is -0.798. The van der Waals surface area contributed by atoms with Gasteiger partial charge >= 0.3 is 0 Å². The average Bonchev–Trinajstić information content (AvgIpc) is 2.65. The number of carbonyl (C=O) groups is 1. The highest BCUT2D eigenvalue weighted by atomic mass is 16.7. The van der Waals surface area contributed by atoms with Crippen molar-refractivity contribution in [1.29, 1.82) is 0 Å². The van der Waals surface area contributed by atoms with Crippen molar-refractivity contribution >= 4 is 5.78 Å². The Hall–Kier alpha value is -0.690. The Morgan fingerprint density at radius 1 is 1.08 bits per heavy atom. The van der Waals surface area contributed by atoms with Gasteiger partial charge in [0.1, 0.15) is 42.7 Å². The molecule has 9 atom stereocenters. The zero-order chi connectivity index (χ0) is 20.6. The molecular formula is C16H32O10. The number of aliphatic hydroxyl groups excluding tert-OH is 7. The van der Waals surface area contributed by atoms with E-state index in [4.69, 9.17) is 14.6 Å². The van der Waals surface area contributed by atoms with E-state index in [9.17, 15) is 35.4 Å². The van der Waals surface area contributed by atoms with Crippen LogP contribution in [0.2, 0.25) is 0 Å². The van der Waals surface area contributed by atoms with E-state index in [1.807, 2.05) is 13.8 Å². The molecule has 10 heteroatoms. The quantitative estimate of drug-likeness (QED) is 0.233. The van der Waals surface area contributed by atoms with Gasteiger partial charge in [0.2, 0.25) is 0 Å². The average molecular weight is 384 g/mol. The van der Waals surface area contributed by atoms with E-state index in [-0.39, 0.29) is 6.42 Å². The van der Waals surface area contributed by atoms with Gasteiger partial charge in [-0.15, -0.1) is 0 Å². The molecule has 7 N–H and O–H groups in total. The monoisotopic (exact) mass is 384 g/mol. The van der Waals surface area contributed by atoms with Crippen molar-refractivity contribution < 1.29 is 50.0 Å². The summed E-state index contributed by atoms with van der Waals surface area (Å²) in [6.45, 7) is 5.80. The van der Waals surface area contributed by atoms with E-state index in [2.05, 4.69) is 0 Å². The molecule has 0 radical (unpaired) electrons. The highest BCUT2D eigenvalue weighted by Crippen LogP contribution is 2.26. The molecule has 156 valence electrons.